The molecule has 112 valence electrons. The molecule has 1 aromatic heterocycles. The number of nitrogens with zero attached hydrogens (tertiary/aromatic N) is 1. The summed E-state index contributed by atoms with van der Waals surface area (Å²) in [6.07, 6.45) is 1.63. The maximum Gasteiger partial charge on any atom is 0.241 e. The van der Waals surface area contributed by atoms with Crippen molar-refractivity contribution in [3.05, 3.63) is 54.0 Å². The number of hydrogen-bond acceptors (Lipinski definition) is 4. The van der Waals surface area contributed by atoms with Crippen molar-refractivity contribution in [1.29, 1.82) is 0 Å². The fraction of sp³-hybridized carbons (Fsp3) is 0.312. The van der Waals surface area contributed by atoms with E-state index in [1.807, 2.05) is 55.3 Å². The van der Waals surface area contributed by atoms with Gasteiger partial charge in [-0.05, 0) is 43.8 Å². The van der Waals surface area contributed by atoms with E-state index in [1.165, 1.54) is 0 Å². The van der Waals surface area contributed by atoms with Crippen molar-refractivity contribution in [2.24, 2.45) is 5.73 Å². The normalized spacial score (nSPS) is 12.4. The average molecular weight is 287 g/mol. The molecule has 1 atom stereocenters. The highest BCUT2D eigenvalue weighted by atomic mass is 16.3. The number of nitrogens with one attached hydrogen (secondary N) is 1. The van der Waals surface area contributed by atoms with Gasteiger partial charge in [-0.1, -0.05) is 12.1 Å². The molecule has 0 radical (unpaired) electrons. The Morgan fingerprint density at radius 3 is 2.86 bits per heavy atom. The molecule has 0 saturated carbocycles. The first-order valence-corrected chi connectivity index (χ1v) is 6.92. The highest BCUT2D eigenvalue weighted by molar-refractivity contribution is 5.94. The van der Waals surface area contributed by atoms with Gasteiger partial charge in [0, 0.05) is 12.2 Å². The molecule has 1 unspecified atom stereocenters. The number of likely N-dealkylation sites (N-methyl/N-ethyl adjacent to an activating group) is 1. The molecule has 1 heterocycles. The van der Waals surface area contributed by atoms with E-state index in [-0.39, 0.29) is 11.9 Å². The van der Waals surface area contributed by atoms with Gasteiger partial charge in [0.2, 0.25) is 5.91 Å². The predicted octanol–water partition coefficient (Wildman–Crippen LogP) is 2.20. The Kier molecular flexibility index (Phi) is 5.14. The van der Waals surface area contributed by atoms with E-state index in [2.05, 4.69) is 5.32 Å². The van der Waals surface area contributed by atoms with Crippen LogP contribution in [-0.4, -0.2) is 23.9 Å². The van der Waals surface area contributed by atoms with Crippen LogP contribution in [0.25, 0.3) is 0 Å². The zero-order valence-electron chi connectivity index (χ0n) is 12.4. The number of hydrogen-bond donors (Lipinski definition) is 2. The highest BCUT2D eigenvalue weighted by Gasteiger charge is 2.19. The lowest BCUT2D eigenvalue weighted by molar-refractivity contribution is -0.120. The summed E-state index contributed by atoms with van der Waals surface area (Å²) in [6, 6.07) is 11.0. The molecule has 0 aliphatic carbocycles. The molecule has 1 amide bonds. The third kappa shape index (κ3) is 4.18. The topological polar surface area (TPSA) is 71.5 Å². The van der Waals surface area contributed by atoms with Crippen LogP contribution in [0.5, 0.6) is 0 Å². The maximum atomic E-state index is 12.3. The van der Waals surface area contributed by atoms with Gasteiger partial charge in [0.1, 0.15) is 5.76 Å². The molecule has 0 fully saturated rings. The summed E-state index contributed by atoms with van der Waals surface area (Å²) in [5, 5.41) is 2.91. The Morgan fingerprint density at radius 2 is 2.19 bits per heavy atom. The van der Waals surface area contributed by atoms with Crippen molar-refractivity contribution in [3.63, 3.8) is 0 Å². The largest absolute Gasteiger partial charge is 0.468 e. The van der Waals surface area contributed by atoms with Crippen molar-refractivity contribution in [2.45, 2.75) is 26.1 Å². The lowest BCUT2D eigenvalue weighted by Gasteiger charge is -2.23. The van der Waals surface area contributed by atoms with Gasteiger partial charge in [0.05, 0.1) is 18.8 Å². The van der Waals surface area contributed by atoms with Gasteiger partial charge in [-0.25, -0.2) is 0 Å². The number of furan rings is 1. The third-order valence-corrected chi connectivity index (χ3v) is 3.46. The molecule has 0 bridgehead atoms. The molecule has 2 aromatic rings. The lowest BCUT2D eigenvalue weighted by atomic mass is 10.2. The number of benzene rings is 1. The van der Waals surface area contributed by atoms with Crippen LogP contribution in [0.3, 0.4) is 0 Å². The van der Waals surface area contributed by atoms with Crippen LogP contribution in [-0.2, 0) is 17.9 Å². The summed E-state index contributed by atoms with van der Waals surface area (Å²) < 4.78 is 5.30. The molecule has 21 heavy (non-hydrogen) atoms. The van der Waals surface area contributed by atoms with E-state index in [1.54, 1.807) is 6.26 Å². The number of carbonyl (C=O) groups excluding carboxylic acids is 1. The molecular formula is C16H21N3O2. The van der Waals surface area contributed by atoms with Crippen LogP contribution in [0.4, 0.5) is 5.69 Å². The summed E-state index contributed by atoms with van der Waals surface area (Å²) in [4.78, 5) is 14.2. The Hall–Kier alpha value is -2.11. The Morgan fingerprint density at radius 1 is 1.38 bits per heavy atom. The minimum Gasteiger partial charge on any atom is -0.468 e. The molecular weight excluding hydrogens is 266 g/mol. The Bertz CT molecular complexity index is 581. The summed E-state index contributed by atoms with van der Waals surface area (Å²) in [6.45, 7) is 2.91. The number of carbonyl (C=O) groups is 1. The van der Waals surface area contributed by atoms with Crippen LogP contribution in [0.1, 0.15) is 18.2 Å². The average Bonchev–Trinajstić information content (AvgIpc) is 2.99. The summed E-state index contributed by atoms with van der Waals surface area (Å²) in [5.74, 6) is 0.778. The summed E-state index contributed by atoms with van der Waals surface area (Å²) in [7, 11) is 1.89. The fourth-order valence-electron chi connectivity index (χ4n) is 2.01. The first kappa shape index (κ1) is 15.3. The summed E-state index contributed by atoms with van der Waals surface area (Å²) >= 11 is 0. The van der Waals surface area contributed by atoms with Crippen LogP contribution in [0, 0.1) is 0 Å². The van der Waals surface area contributed by atoms with Crippen molar-refractivity contribution < 1.29 is 9.21 Å². The minimum atomic E-state index is -0.267. The number of amides is 1. The van der Waals surface area contributed by atoms with Gasteiger partial charge in [-0.2, -0.15) is 0 Å². The molecule has 0 spiro atoms. The molecule has 0 aliphatic rings. The molecule has 0 aliphatic heterocycles. The summed E-state index contributed by atoms with van der Waals surface area (Å²) in [5.41, 5.74) is 7.36. The third-order valence-electron chi connectivity index (χ3n) is 3.46. The fourth-order valence-corrected chi connectivity index (χ4v) is 2.01. The second-order valence-corrected chi connectivity index (χ2v) is 5.06. The Balaban J connectivity index is 1.95. The standard InChI is InChI=1S/C16H21N3O2/c1-12(19(2)11-15-7-4-8-21-15)16(20)18-14-6-3-5-13(9-14)10-17/h3-9,12H,10-11,17H2,1-2H3,(H,18,20). The van der Waals surface area contributed by atoms with Crippen LogP contribution >= 0.6 is 0 Å². The van der Waals surface area contributed by atoms with E-state index < -0.39 is 0 Å². The first-order valence-electron chi connectivity index (χ1n) is 6.92. The van der Waals surface area contributed by atoms with E-state index >= 15 is 0 Å². The number of rotatable bonds is 6. The number of nitrogens with two attached hydrogens (primary N) is 1. The van der Waals surface area contributed by atoms with Gasteiger partial charge in [-0.15, -0.1) is 0 Å². The van der Waals surface area contributed by atoms with Crippen molar-refractivity contribution >= 4 is 11.6 Å². The SMILES string of the molecule is CC(C(=O)Nc1cccc(CN)c1)N(C)Cc1ccco1. The molecule has 5 nitrogen and oxygen atoms in total. The molecule has 5 heteroatoms. The molecule has 1 aromatic carbocycles. The van der Waals surface area contributed by atoms with Crippen molar-refractivity contribution in [3.8, 4) is 0 Å². The smallest absolute Gasteiger partial charge is 0.241 e. The van der Waals surface area contributed by atoms with Gasteiger partial charge >= 0.3 is 0 Å². The van der Waals surface area contributed by atoms with Crippen LogP contribution < -0.4 is 11.1 Å². The highest BCUT2D eigenvalue weighted by Crippen LogP contribution is 2.12. The van der Waals surface area contributed by atoms with Crippen molar-refractivity contribution in [1.82, 2.24) is 4.90 Å². The molecule has 3 N–H and O–H groups in total. The van der Waals surface area contributed by atoms with E-state index in [0.717, 1.165) is 17.0 Å². The van der Waals surface area contributed by atoms with Crippen molar-refractivity contribution in [2.75, 3.05) is 12.4 Å². The number of anilines is 1. The monoisotopic (exact) mass is 287 g/mol. The van der Waals surface area contributed by atoms with Gasteiger partial charge in [-0.3, -0.25) is 9.69 Å². The van der Waals surface area contributed by atoms with E-state index in [4.69, 9.17) is 10.2 Å². The van der Waals surface area contributed by atoms with E-state index in [0.29, 0.717) is 13.1 Å². The zero-order chi connectivity index (χ0) is 15.2. The van der Waals surface area contributed by atoms with Crippen LogP contribution in [0.15, 0.2) is 47.1 Å². The van der Waals surface area contributed by atoms with Gasteiger partial charge in [0.15, 0.2) is 0 Å². The minimum absolute atomic E-state index is 0.0572. The van der Waals surface area contributed by atoms with Crippen LogP contribution in [0.2, 0.25) is 0 Å². The van der Waals surface area contributed by atoms with Gasteiger partial charge in [0.25, 0.3) is 0 Å². The lowest BCUT2D eigenvalue weighted by Crippen LogP contribution is -2.39. The second kappa shape index (κ2) is 7.06. The molecule has 2 rings (SSSR count). The maximum absolute atomic E-state index is 12.3. The first-order chi connectivity index (χ1) is 10.1. The predicted molar refractivity (Wildman–Crippen MR) is 82.6 cm³/mol. The van der Waals surface area contributed by atoms with Gasteiger partial charge < -0.3 is 15.5 Å². The molecule has 0 saturated heterocycles. The quantitative estimate of drug-likeness (QED) is 0.854. The second-order valence-electron chi connectivity index (χ2n) is 5.06. The zero-order valence-corrected chi connectivity index (χ0v) is 12.4. The van der Waals surface area contributed by atoms with E-state index in [9.17, 15) is 4.79 Å². The Labute approximate surface area is 124 Å².